The van der Waals surface area contributed by atoms with Crippen molar-refractivity contribution >= 4 is 50.7 Å². The van der Waals surface area contributed by atoms with Gasteiger partial charge in [0.25, 0.3) is 0 Å². The molecule has 0 bridgehead atoms. The summed E-state index contributed by atoms with van der Waals surface area (Å²) < 4.78 is 26.3. The minimum atomic E-state index is -3.83. The standard InChI is InChI=1S/C23H29Cl2N3O4S/c1-5-12-26-23(30)17(3)27(14-18-8-6-7-9-20(18)25)22(29)15-28(33(4,31)32)21-13-19(24)11-10-16(21)2/h6-11,13,17H,5,12,14-15H2,1-4H3,(H,26,30)/t17-/m0/s1. The average Bonchev–Trinajstić information content (AvgIpc) is 2.75. The highest BCUT2D eigenvalue weighted by Gasteiger charge is 2.30. The van der Waals surface area contributed by atoms with Gasteiger partial charge in [0.05, 0.1) is 11.9 Å². The van der Waals surface area contributed by atoms with E-state index in [9.17, 15) is 18.0 Å². The zero-order chi connectivity index (χ0) is 24.8. The monoisotopic (exact) mass is 513 g/mol. The van der Waals surface area contributed by atoms with Gasteiger partial charge in [-0.1, -0.05) is 54.4 Å². The molecule has 0 radical (unpaired) electrons. The van der Waals surface area contributed by atoms with Crippen molar-refractivity contribution in [3.05, 3.63) is 63.6 Å². The molecule has 0 aliphatic carbocycles. The third kappa shape index (κ3) is 7.35. The van der Waals surface area contributed by atoms with E-state index in [4.69, 9.17) is 23.2 Å². The molecule has 180 valence electrons. The number of nitrogens with zero attached hydrogens (tertiary/aromatic N) is 2. The normalized spacial score (nSPS) is 12.2. The van der Waals surface area contributed by atoms with Gasteiger partial charge in [-0.05, 0) is 49.6 Å². The highest BCUT2D eigenvalue weighted by Crippen LogP contribution is 2.27. The van der Waals surface area contributed by atoms with Crippen molar-refractivity contribution < 1.29 is 18.0 Å². The van der Waals surface area contributed by atoms with Gasteiger partial charge in [0.15, 0.2) is 0 Å². The molecule has 7 nitrogen and oxygen atoms in total. The molecule has 0 aliphatic heterocycles. The SMILES string of the molecule is CCCNC(=O)[C@H](C)N(Cc1ccccc1Cl)C(=O)CN(c1cc(Cl)ccc1C)S(C)(=O)=O. The van der Waals surface area contributed by atoms with E-state index in [0.717, 1.165) is 17.0 Å². The molecular formula is C23H29Cl2N3O4S. The molecular weight excluding hydrogens is 485 g/mol. The van der Waals surface area contributed by atoms with Crippen LogP contribution in [-0.4, -0.2) is 50.5 Å². The van der Waals surface area contributed by atoms with E-state index >= 15 is 0 Å². The first kappa shape index (κ1) is 27.0. The van der Waals surface area contributed by atoms with Gasteiger partial charge < -0.3 is 10.2 Å². The summed E-state index contributed by atoms with van der Waals surface area (Å²) >= 11 is 12.4. The molecule has 0 spiro atoms. The zero-order valence-corrected chi connectivity index (χ0v) is 21.5. The third-order valence-electron chi connectivity index (χ3n) is 5.13. The average molecular weight is 514 g/mol. The van der Waals surface area contributed by atoms with Crippen LogP contribution < -0.4 is 9.62 Å². The van der Waals surface area contributed by atoms with E-state index in [1.54, 1.807) is 50.2 Å². The van der Waals surface area contributed by atoms with Gasteiger partial charge in [-0.2, -0.15) is 0 Å². The lowest BCUT2D eigenvalue weighted by atomic mass is 10.1. The van der Waals surface area contributed by atoms with Crippen LogP contribution in [0, 0.1) is 6.92 Å². The first-order valence-electron chi connectivity index (χ1n) is 10.5. The van der Waals surface area contributed by atoms with Crippen molar-refractivity contribution in [1.29, 1.82) is 0 Å². The van der Waals surface area contributed by atoms with Crippen molar-refractivity contribution in [1.82, 2.24) is 10.2 Å². The van der Waals surface area contributed by atoms with Crippen LogP contribution in [0.4, 0.5) is 5.69 Å². The minimum Gasteiger partial charge on any atom is -0.354 e. The van der Waals surface area contributed by atoms with Gasteiger partial charge in [0, 0.05) is 23.1 Å². The molecule has 10 heteroatoms. The number of hydrogen-bond donors (Lipinski definition) is 1. The van der Waals surface area contributed by atoms with Crippen LogP contribution in [0.5, 0.6) is 0 Å². The topological polar surface area (TPSA) is 86.8 Å². The predicted octanol–water partition coefficient (Wildman–Crippen LogP) is 4.01. The van der Waals surface area contributed by atoms with E-state index in [-0.39, 0.29) is 12.5 Å². The van der Waals surface area contributed by atoms with Crippen molar-refractivity contribution in [3.8, 4) is 0 Å². The maximum atomic E-state index is 13.5. The Morgan fingerprint density at radius 1 is 1.12 bits per heavy atom. The minimum absolute atomic E-state index is 0.0470. The number of nitrogens with one attached hydrogen (secondary N) is 1. The van der Waals surface area contributed by atoms with Crippen molar-refractivity contribution in [3.63, 3.8) is 0 Å². The summed E-state index contributed by atoms with van der Waals surface area (Å²) in [4.78, 5) is 27.5. The summed E-state index contributed by atoms with van der Waals surface area (Å²) in [5.41, 5.74) is 1.59. The zero-order valence-electron chi connectivity index (χ0n) is 19.1. The smallest absolute Gasteiger partial charge is 0.244 e. The van der Waals surface area contributed by atoms with Crippen LogP contribution in [0.15, 0.2) is 42.5 Å². The van der Waals surface area contributed by atoms with E-state index in [1.807, 2.05) is 6.92 Å². The van der Waals surface area contributed by atoms with Gasteiger partial charge in [-0.25, -0.2) is 8.42 Å². The number of carbonyl (C=O) groups is 2. The quantitative estimate of drug-likeness (QED) is 0.519. The Labute approximate surface area is 205 Å². The summed E-state index contributed by atoms with van der Waals surface area (Å²) in [7, 11) is -3.83. The van der Waals surface area contributed by atoms with Gasteiger partial charge in [0.1, 0.15) is 12.6 Å². The number of hydrogen-bond acceptors (Lipinski definition) is 4. The van der Waals surface area contributed by atoms with Crippen molar-refractivity contribution in [2.24, 2.45) is 0 Å². The fourth-order valence-electron chi connectivity index (χ4n) is 3.23. The molecule has 1 N–H and O–H groups in total. The second-order valence-corrected chi connectivity index (χ2v) is 10.5. The fourth-order valence-corrected chi connectivity index (χ4v) is 4.50. The van der Waals surface area contributed by atoms with Gasteiger partial charge in [-0.3, -0.25) is 13.9 Å². The number of benzene rings is 2. The summed E-state index contributed by atoms with van der Waals surface area (Å²) in [5.74, 6) is -0.874. The van der Waals surface area contributed by atoms with Crippen LogP contribution in [0.2, 0.25) is 10.0 Å². The highest BCUT2D eigenvalue weighted by atomic mass is 35.5. The Morgan fingerprint density at radius 3 is 2.39 bits per heavy atom. The Balaban J connectivity index is 2.43. The van der Waals surface area contributed by atoms with Crippen LogP contribution in [0.3, 0.4) is 0 Å². The molecule has 0 saturated carbocycles. The Kier molecular flexibility index (Phi) is 9.57. The van der Waals surface area contributed by atoms with Gasteiger partial charge in [0.2, 0.25) is 21.8 Å². The molecule has 33 heavy (non-hydrogen) atoms. The van der Waals surface area contributed by atoms with Gasteiger partial charge >= 0.3 is 0 Å². The number of amides is 2. The molecule has 2 rings (SSSR count). The second kappa shape index (κ2) is 11.7. The first-order chi connectivity index (χ1) is 15.5. The maximum Gasteiger partial charge on any atom is 0.244 e. The molecule has 2 amide bonds. The molecule has 0 fully saturated rings. The molecule has 0 heterocycles. The van der Waals surface area contributed by atoms with Crippen molar-refractivity contribution in [2.45, 2.75) is 39.8 Å². The lowest BCUT2D eigenvalue weighted by molar-refractivity contribution is -0.139. The van der Waals surface area contributed by atoms with Gasteiger partial charge in [-0.15, -0.1) is 0 Å². The van der Waals surface area contributed by atoms with E-state index in [1.165, 1.54) is 11.0 Å². The third-order valence-corrected chi connectivity index (χ3v) is 6.86. The van der Waals surface area contributed by atoms with Crippen LogP contribution in [0.1, 0.15) is 31.4 Å². The van der Waals surface area contributed by atoms with E-state index in [2.05, 4.69) is 5.32 Å². The highest BCUT2D eigenvalue weighted by molar-refractivity contribution is 7.92. The number of halogens is 2. The number of aryl methyl sites for hydroxylation is 1. The lowest BCUT2D eigenvalue weighted by Gasteiger charge is -2.32. The van der Waals surface area contributed by atoms with Crippen LogP contribution in [-0.2, 0) is 26.2 Å². The lowest BCUT2D eigenvalue weighted by Crippen LogP contribution is -2.51. The number of carbonyl (C=O) groups excluding carboxylic acids is 2. The molecule has 0 aliphatic rings. The van der Waals surface area contributed by atoms with E-state index in [0.29, 0.717) is 33.4 Å². The molecule has 2 aromatic rings. The summed E-state index contributed by atoms with van der Waals surface area (Å²) in [5, 5.41) is 3.58. The number of sulfonamides is 1. The fraction of sp³-hybridized carbons (Fsp3) is 0.391. The Morgan fingerprint density at radius 2 is 1.79 bits per heavy atom. The Hall–Kier alpha value is -2.29. The summed E-state index contributed by atoms with van der Waals surface area (Å²) in [6.45, 7) is 5.29. The van der Waals surface area contributed by atoms with E-state index < -0.39 is 28.5 Å². The summed E-state index contributed by atoms with van der Waals surface area (Å²) in [6, 6.07) is 11.0. The molecule has 0 aromatic heterocycles. The maximum absolute atomic E-state index is 13.5. The number of anilines is 1. The predicted molar refractivity (Wildman–Crippen MR) is 133 cm³/mol. The molecule has 2 aromatic carbocycles. The summed E-state index contributed by atoms with van der Waals surface area (Å²) in [6.07, 6.45) is 1.77. The number of rotatable bonds is 10. The van der Waals surface area contributed by atoms with Crippen molar-refractivity contribution in [2.75, 3.05) is 23.7 Å². The Bertz CT molecular complexity index is 1110. The van der Waals surface area contributed by atoms with Crippen LogP contribution >= 0.6 is 23.2 Å². The van der Waals surface area contributed by atoms with Crippen LogP contribution in [0.25, 0.3) is 0 Å². The first-order valence-corrected chi connectivity index (χ1v) is 13.1. The molecule has 1 atom stereocenters. The molecule has 0 saturated heterocycles. The molecule has 0 unspecified atom stereocenters. The largest absolute Gasteiger partial charge is 0.354 e. The second-order valence-electron chi connectivity index (χ2n) is 7.78.